The minimum absolute atomic E-state index is 0.0603. The highest BCUT2D eigenvalue weighted by molar-refractivity contribution is 7.16. The molecule has 27 heavy (non-hydrogen) atoms. The first-order valence-electron chi connectivity index (χ1n) is 7.86. The van der Waals surface area contributed by atoms with Crippen LogP contribution in [0.5, 0.6) is 11.5 Å². The molecule has 0 aliphatic heterocycles. The molecule has 3 rings (SSSR count). The first-order chi connectivity index (χ1) is 13.2. The van der Waals surface area contributed by atoms with Crippen molar-refractivity contribution in [3.63, 3.8) is 0 Å². The zero-order chi connectivity index (χ0) is 19.1. The van der Waals surface area contributed by atoms with Gasteiger partial charge in [0, 0.05) is 11.5 Å². The van der Waals surface area contributed by atoms with Crippen molar-refractivity contribution >= 4 is 39.8 Å². The van der Waals surface area contributed by atoms with E-state index in [0.29, 0.717) is 16.6 Å². The minimum atomic E-state index is -0.272. The third-order valence-electron chi connectivity index (χ3n) is 3.42. The fourth-order valence-electron chi connectivity index (χ4n) is 2.20. The first-order valence-corrected chi connectivity index (χ1v) is 9.62. The number of amides is 1. The van der Waals surface area contributed by atoms with Crippen LogP contribution in [-0.2, 0) is 4.79 Å². The maximum atomic E-state index is 12.1. The van der Waals surface area contributed by atoms with Crippen molar-refractivity contribution in [3.05, 3.63) is 52.7 Å². The predicted octanol–water partition coefficient (Wildman–Crippen LogP) is 4.43. The third kappa shape index (κ3) is 4.94. The molecule has 0 saturated heterocycles. The number of thiazole rings is 1. The summed E-state index contributed by atoms with van der Waals surface area (Å²) < 4.78 is 10.5. The van der Waals surface area contributed by atoms with Crippen LogP contribution in [0.3, 0.4) is 0 Å². The Morgan fingerprint density at radius 1 is 1.33 bits per heavy atom. The Bertz CT molecular complexity index is 988. The number of nitrogens with zero attached hydrogens (tertiary/aromatic N) is 2. The number of nitriles is 1. The van der Waals surface area contributed by atoms with Gasteiger partial charge in [0.1, 0.15) is 6.07 Å². The Labute approximate surface area is 164 Å². The molecule has 0 spiro atoms. The summed E-state index contributed by atoms with van der Waals surface area (Å²) in [5.74, 6) is 0.698. The van der Waals surface area contributed by atoms with E-state index in [4.69, 9.17) is 14.7 Å². The van der Waals surface area contributed by atoms with Crippen LogP contribution in [0.4, 0.5) is 5.13 Å². The van der Waals surface area contributed by atoms with E-state index in [1.807, 2.05) is 29.0 Å². The molecule has 2 heterocycles. The lowest BCUT2D eigenvalue weighted by Crippen LogP contribution is -2.07. The quantitative estimate of drug-likeness (QED) is 0.596. The van der Waals surface area contributed by atoms with Crippen molar-refractivity contribution in [1.82, 2.24) is 4.98 Å². The molecule has 1 aromatic carbocycles. The largest absolute Gasteiger partial charge is 0.493 e. The van der Waals surface area contributed by atoms with Gasteiger partial charge < -0.3 is 9.47 Å². The first kappa shape index (κ1) is 18.6. The van der Waals surface area contributed by atoms with Gasteiger partial charge in [-0.2, -0.15) is 5.26 Å². The van der Waals surface area contributed by atoms with E-state index in [1.165, 1.54) is 24.5 Å². The molecule has 0 bridgehead atoms. The Kier molecular flexibility index (Phi) is 6.20. The number of carbonyl (C=O) groups is 1. The second kappa shape index (κ2) is 8.98. The van der Waals surface area contributed by atoms with Crippen LogP contribution >= 0.6 is 22.7 Å². The van der Waals surface area contributed by atoms with Gasteiger partial charge in [-0.05, 0) is 35.2 Å². The van der Waals surface area contributed by atoms with Crippen LogP contribution in [0.15, 0.2) is 47.2 Å². The van der Waals surface area contributed by atoms with Crippen molar-refractivity contribution in [1.29, 1.82) is 5.26 Å². The summed E-state index contributed by atoms with van der Waals surface area (Å²) in [4.78, 5) is 17.6. The summed E-state index contributed by atoms with van der Waals surface area (Å²) in [7, 11) is 1.52. The second-order valence-corrected chi connectivity index (χ2v) is 7.00. The van der Waals surface area contributed by atoms with Gasteiger partial charge in [-0.3, -0.25) is 10.1 Å². The van der Waals surface area contributed by atoms with Crippen LogP contribution in [0.1, 0.15) is 5.56 Å². The molecule has 8 heteroatoms. The highest BCUT2D eigenvalue weighted by Crippen LogP contribution is 2.29. The maximum Gasteiger partial charge on any atom is 0.250 e. The Hall–Kier alpha value is -3.15. The molecule has 0 aliphatic rings. The number of aromatic nitrogens is 1. The van der Waals surface area contributed by atoms with Gasteiger partial charge in [0.25, 0.3) is 0 Å². The van der Waals surface area contributed by atoms with Gasteiger partial charge in [-0.25, -0.2) is 4.98 Å². The van der Waals surface area contributed by atoms with Gasteiger partial charge in [-0.1, -0.05) is 12.1 Å². The van der Waals surface area contributed by atoms with Gasteiger partial charge in [0.05, 0.1) is 17.7 Å². The summed E-state index contributed by atoms with van der Waals surface area (Å²) in [6, 6.07) is 11.1. The number of anilines is 1. The molecular weight excluding hydrogens is 382 g/mol. The highest BCUT2D eigenvalue weighted by atomic mass is 32.1. The SMILES string of the molecule is COc1cc(/C=C/C(=O)Nc2nc(-c3cccs3)cs2)ccc1OCC#N. The molecule has 6 nitrogen and oxygen atoms in total. The molecule has 3 aromatic rings. The van der Waals surface area contributed by atoms with E-state index >= 15 is 0 Å². The number of thiophene rings is 1. The monoisotopic (exact) mass is 397 g/mol. The summed E-state index contributed by atoms with van der Waals surface area (Å²) in [5, 5.41) is 15.8. The number of methoxy groups -OCH3 is 1. The molecule has 1 amide bonds. The van der Waals surface area contributed by atoms with Crippen molar-refractivity contribution in [2.24, 2.45) is 0 Å². The van der Waals surface area contributed by atoms with Gasteiger partial charge in [0.15, 0.2) is 23.2 Å². The summed E-state index contributed by atoms with van der Waals surface area (Å²) in [6.45, 7) is -0.0603. The Morgan fingerprint density at radius 3 is 2.96 bits per heavy atom. The van der Waals surface area contributed by atoms with E-state index in [9.17, 15) is 4.79 Å². The molecule has 0 saturated carbocycles. The molecule has 2 aromatic heterocycles. The van der Waals surface area contributed by atoms with Crippen molar-refractivity contribution in [3.8, 4) is 28.1 Å². The third-order valence-corrected chi connectivity index (χ3v) is 5.07. The Morgan fingerprint density at radius 2 is 2.22 bits per heavy atom. The van der Waals surface area contributed by atoms with Crippen LogP contribution in [-0.4, -0.2) is 24.6 Å². The lowest BCUT2D eigenvalue weighted by molar-refractivity contribution is -0.111. The van der Waals surface area contributed by atoms with Crippen LogP contribution < -0.4 is 14.8 Å². The maximum absolute atomic E-state index is 12.1. The lowest BCUT2D eigenvalue weighted by atomic mass is 10.2. The summed E-state index contributed by atoms with van der Waals surface area (Å²) in [6.07, 6.45) is 3.09. The van der Waals surface area contributed by atoms with E-state index in [0.717, 1.165) is 16.1 Å². The van der Waals surface area contributed by atoms with Gasteiger partial charge >= 0.3 is 0 Å². The molecular formula is C19H15N3O3S2. The molecule has 1 N–H and O–H groups in total. The van der Waals surface area contributed by atoms with Gasteiger partial charge in [-0.15, -0.1) is 22.7 Å². The smallest absolute Gasteiger partial charge is 0.250 e. The van der Waals surface area contributed by atoms with Gasteiger partial charge in [0.2, 0.25) is 5.91 Å². The molecule has 0 radical (unpaired) electrons. The van der Waals surface area contributed by atoms with E-state index in [-0.39, 0.29) is 12.5 Å². The Balaban J connectivity index is 1.64. The standard InChI is InChI=1S/C19H15N3O3S2/c1-24-16-11-13(4-6-15(16)25-9-8-20)5-7-18(23)22-19-21-14(12-27-19)17-3-2-10-26-17/h2-7,10-12H,9H2,1H3,(H,21,22,23)/b7-5+. The molecule has 0 atom stereocenters. The van der Waals surface area contributed by atoms with E-state index < -0.39 is 0 Å². The fourth-order valence-corrected chi connectivity index (χ4v) is 3.68. The number of ether oxygens (including phenoxy) is 2. The van der Waals surface area contributed by atoms with Crippen LogP contribution in [0.25, 0.3) is 16.6 Å². The number of hydrogen-bond acceptors (Lipinski definition) is 7. The average molecular weight is 397 g/mol. The number of carbonyl (C=O) groups excluding carboxylic acids is 1. The zero-order valence-corrected chi connectivity index (χ0v) is 16.0. The van der Waals surface area contributed by atoms with E-state index in [2.05, 4.69) is 10.3 Å². The molecule has 136 valence electrons. The number of nitrogens with one attached hydrogen (secondary N) is 1. The van der Waals surface area contributed by atoms with Crippen LogP contribution in [0.2, 0.25) is 0 Å². The molecule has 0 unspecified atom stereocenters. The topological polar surface area (TPSA) is 84.2 Å². The fraction of sp³-hybridized carbons (Fsp3) is 0.105. The van der Waals surface area contributed by atoms with Crippen LogP contribution in [0, 0.1) is 11.3 Å². The molecule has 0 aliphatic carbocycles. The second-order valence-electron chi connectivity index (χ2n) is 5.19. The van der Waals surface area contributed by atoms with Crippen molar-refractivity contribution in [2.75, 3.05) is 19.0 Å². The predicted molar refractivity (Wildman–Crippen MR) is 107 cm³/mol. The van der Waals surface area contributed by atoms with E-state index in [1.54, 1.807) is 35.6 Å². The summed E-state index contributed by atoms with van der Waals surface area (Å²) in [5.41, 5.74) is 1.62. The summed E-state index contributed by atoms with van der Waals surface area (Å²) >= 11 is 2.98. The van der Waals surface area contributed by atoms with Crippen molar-refractivity contribution in [2.45, 2.75) is 0 Å². The molecule has 0 fully saturated rings. The normalized spacial score (nSPS) is 10.5. The average Bonchev–Trinajstić information content (AvgIpc) is 3.36. The highest BCUT2D eigenvalue weighted by Gasteiger charge is 2.08. The number of hydrogen-bond donors (Lipinski definition) is 1. The lowest BCUT2D eigenvalue weighted by Gasteiger charge is -2.08. The number of rotatable bonds is 7. The number of benzene rings is 1. The van der Waals surface area contributed by atoms with Crippen molar-refractivity contribution < 1.29 is 14.3 Å². The minimum Gasteiger partial charge on any atom is -0.493 e. The zero-order valence-electron chi connectivity index (χ0n) is 14.3.